The molecule has 0 aliphatic carbocycles. The third-order valence-electron chi connectivity index (χ3n) is 7.14. The lowest BCUT2D eigenvalue weighted by Gasteiger charge is -2.26. The SMILES string of the molecule is C=C(C)C(C)/C=C(\C)c1ccc(C(C)CCC(C)(C)CCC)cc1.CC.Cc1ccc(C(C)C)cc1. The van der Waals surface area contributed by atoms with Crippen LogP contribution in [0.5, 0.6) is 0 Å². The van der Waals surface area contributed by atoms with Crippen LogP contribution in [0.3, 0.4) is 0 Å². The van der Waals surface area contributed by atoms with Gasteiger partial charge in [-0.15, -0.1) is 0 Å². The van der Waals surface area contributed by atoms with E-state index in [-0.39, 0.29) is 0 Å². The fourth-order valence-corrected chi connectivity index (χ4v) is 4.22. The van der Waals surface area contributed by atoms with Crippen molar-refractivity contribution in [3.63, 3.8) is 0 Å². The molecule has 0 saturated heterocycles. The third-order valence-corrected chi connectivity index (χ3v) is 7.14. The van der Waals surface area contributed by atoms with Crippen LogP contribution >= 0.6 is 0 Å². The van der Waals surface area contributed by atoms with Crippen molar-refractivity contribution >= 4 is 5.57 Å². The summed E-state index contributed by atoms with van der Waals surface area (Å²) in [7, 11) is 0. The van der Waals surface area contributed by atoms with Gasteiger partial charge < -0.3 is 0 Å². The highest BCUT2D eigenvalue weighted by Crippen LogP contribution is 2.33. The highest BCUT2D eigenvalue weighted by atomic mass is 14.2. The number of aryl methyl sites for hydroxylation is 1. The molecule has 36 heavy (non-hydrogen) atoms. The lowest BCUT2D eigenvalue weighted by Crippen LogP contribution is -2.12. The molecule has 2 rings (SSSR count). The molecule has 0 aliphatic heterocycles. The molecule has 0 heterocycles. The number of hydrogen-bond acceptors (Lipinski definition) is 0. The van der Waals surface area contributed by atoms with E-state index in [1.54, 1.807) is 0 Å². The van der Waals surface area contributed by atoms with Crippen molar-refractivity contribution in [2.24, 2.45) is 11.3 Å². The van der Waals surface area contributed by atoms with Crippen LogP contribution in [0.25, 0.3) is 5.57 Å². The predicted octanol–water partition coefficient (Wildman–Crippen LogP) is 12.2. The molecule has 0 fully saturated rings. The number of rotatable bonds is 10. The molecule has 0 saturated carbocycles. The molecule has 2 aromatic carbocycles. The Bertz CT molecular complexity index is 875. The molecule has 2 aromatic rings. The van der Waals surface area contributed by atoms with Crippen LogP contribution in [-0.2, 0) is 0 Å². The standard InChI is InChI=1S/C24H38.C10H14.C2H6/c1-9-15-24(7,8)16-14-19(4)22-10-12-23(13-11-22)21(6)17-20(5)18(2)3;1-8(2)10-6-4-9(3)5-7-10;1-2/h10-13,17,19-20H,2,9,14-16H2,1,3-8H3;4-8H,1-3H3;1-2H3/b21-17+;;. The van der Waals surface area contributed by atoms with Gasteiger partial charge in [-0.05, 0) is 85.5 Å². The van der Waals surface area contributed by atoms with Gasteiger partial charge in [-0.1, -0.05) is 141 Å². The van der Waals surface area contributed by atoms with E-state index >= 15 is 0 Å². The van der Waals surface area contributed by atoms with Gasteiger partial charge in [0.25, 0.3) is 0 Å². The summed E-state index contributed by atoms with van der Waals surface area (Å²) in [6, 6.07) is 17.9. The van der Waals surface area contributed by atoms with Crippen molar-refractivity contribution in [2.75, 3.05) is 0 Å². The summed E-state index contributed by atoms with van der Waals surface area (Å²) in [5.41, 5.74) is 8.58. The van der Waals surface area contributed by atoms with Crippen LogP contribution < -0.4 is 0 Å². The van der Waals surface area contributed by atoms with Gasteiger partial charge in [0.2, 0.25) is 0 Å². The van der Waals surface area contributed by atoms with E-state index < -0.39 is 0 Å². The largest absolute Gasteiger partial charge is 0.0996 e. The first-order chi connectivity index (χ1) is 16.9. The summed E-state index contributed by atoms with van der Waals surface area (Å²) >= 11 is 0. The first-order valence-electron chi connectivity index (χ1n) is 14.4. The summed E-state index contributed by atoms with van der Waals surface area (Å²) in [6.45, 7) is 30.6. The average Bonchev–Trinajstić information content (AvgIpc) is 2.84. The van der Waals surface area contributed by atoms with Crippen LogP contribution in [0, 0.1) is 18.3 Å². The van der Waals surface area contributed by atoms with E-state index in [1.807, 2.05) is 13.8 Å². The van der Waals surface area contributed by atoms with Gasteiger partial charge in [-0.2, -0.15) is 0 Å². The van der Waals surface area contributed by atoms with Crippen molar-refractivity contribution in [2.45, 2.75) is 121 Å². The Morgan fingerprint density at radius 3 is 1.78 bits per heavy atom. The zero-order chi connectivity index (χ0) is 27.9. The second-order valence-electron chi connectivity index (χ2n) is 11.5. The average molecular weight is 491 g/mol. The van der Waals surface area contributed by atoms with E-state index in [2.05, 4.69) is 130 Å². The van der Waals surface area contributed by atoms with Gasteiger partial charge in [0, 0.05) is 0 Å². The molecule has 0 bridgehead atoms. The molecular formula is C36H58. The maximum atomic E-state index is 4.05. The summed E-state index contributed by atoms with van der Waals surface area (Å²) < 4.78 is 0. The summed E-state index contributed by atoms with van der Waals surface area (Å²) in [5, 5.41) is 0. The first-order valence-corrected chi connectivity index (χ1v) is 14.4. The molecule has 0 nitrogen and oxygen atoms in total. The molecule has 202 valence electrons. The third kappa shape index (κ3) is 13.3. The maximum Gasteiger partial charge on any atom is -0.00512 e. The van der Waals surface area contributed by atoms with Gasteiger partial charge in [0.15, 0.2) is 0 Å². The second-order valence-corrected chi connectivity index (χ2v) is 11.5. The Morgan fingerprint density at radius 1 is 0.833 bits per heavy atom. The Balaban J connectivity index is 0.000000845. The second kappa shape index (κ2) is 17.4. The normalized spacial score (nSPS) is 13.2. The Morgan fingerprint density at radius 2 is 1.33 bits per heavy atom. The fourth-order valence-electron chi connectivity index (χ4n) is 4.22. The van der Waals surface area contributed by atoms with Crippen LogP contribution in [0.15, 0.2) is 66.8 Å². The lowest BCUT2D eigenvalue weighted by atomic mass is 9.80. The Labute approximate surface area is 226 Å². The minimum absolute atomic E-state index is 0.435. The first kappa shape index (κ1) is 33.9. The molecule has 0 spiro atoms. The maximum absolute atomic E-state index is 4.05. The van der Waals surface area contributed by atoms with Crippen LogP contribution in [0.4, 0.5) is 0 Å². The number of allylic oxidation sites excluding steroid dienone is 3. The van der Waals surface area contributed by atoms with Crippen LogP contribution in [0.1, 0.15) is 136 Å². The highest BCUT2D eigenvalue weighted by Gasteiger charge is 2.18. The van der Waals surface area contributed by atoms with Crippen molar-refractivity contribution < 1.29 is 0 Å². The number of hydrogen-bond donors (Lipinski definition) is 0. The number of benzene rings is 2. The Kier molecular flexibility index (Phi) is 16.4. The molecule has 2 unspecified atom stereocenters. The molecule has 0 heteroatoms. The van der Waals surface area contributed by atoms with E-state index in [4.69, 9.17) is 0 Å². The molecule has 0 aromatic heterocycles. The van der Waals surface area contributed by atoms with E-state index in [9.17, 15) is 0 Å². The summed E-state index contributed by atoms with van der Waals surface area (Å²) in [6.07, 6.45) is 7.49. The summed E-state index contributed by atoms with van der Waals surface area (Å²) in [4.78, 5) is 0. The van der Waals surface area contributed by atoms with Gasteiger partial charge >= 0.3 is 0 Å². The molecule has 2 atom stereocenters. The Hall–Kier alpha value is -2.08. The minimum Gasteiger partial charge on any atom is -0.0996 e. The molecule has 0 aliphatic rings. The molecular weight excluding hydrogens is 432 g/mol. The molecule has 0 N–H and O–H groups in total. The van der Waals surface area contributed by atoms with Gasteiger partial charge in [-0.25, -0.2) is 0 Å². The molecule has 0 radical (unpaired) electrons. The van der Waals surface area contributed by atoms with Crippen molar-refractivity contribution in [3.8, 4) is 0 Å². The molecule has 0 amide bonds. The van der Waals surface area contributed by atoms with Gasteiger partial charge in [0.1, 0.15) is 0 Å². The monoisotopic (exact) mass is 490 g/mol. The fraction of sp³-hybridized carbons (Fsp3) is 0.556. The lowest BCUT2D eigenvalue weighted by molar-refractivity contribution is 0.288. The van der Waals surface area contributed by atoms with E-state index in [0.717, 1.165) is 0 Å². The van der Waals surface area contributed by atoms with Gasteiger partial charge in [0.05, 0.1) is 0 Å². The zero-order valence-electron chi connectivity index (χ0n) is 26.0. The summed E-state index contributed by atoms with van der Waals surface area (Å²) in [5.74, 6) is 1.72. The smallest absolute Gasteiger partial charge is 0.00512 e. The van der Waals surface area contributed by atoms with Crippen LogP contribution in [0.2, 0.25) is 0 Å². The van der Waals surface area contributed by atoms with E-state index in [0.29, 0.717) is 23.2 Å². The van der Waals surface area contributed by atoms with Crippen LogP contribution in [-0.4, -0.2) is 0 Å². The zero-order valence-corrected chi connectivity index (χ0v) is 26.0. The van der Waals surface area contributed by atoms with Crippen molar-refractivity contribution in [3.05, 3.63) is 89.0 Å². The van der Waals surface area contributed by atoms with Crippen molar-refractivity contribution in [1.82, 2.24) is 0 Å². The predicted molar refractivity (Wildman–Crippen MR) is 167 cm³/mol. The van der Waals surface area contributed by atoms with E-state index in [1.165, 1.54) is 59.1 Å². The highest BCUT2D eigenvalue weighted by molar-refractivity contribution is 5.64. The quantitative estimate of drug-likeness (QED) is 0.290. The van der Waals surface area contributed by atoms with Gasteiger partial charge in [-0.3, -0.25) is 0 Å². The topological polar surface area (TPSA) is 0 Å². The van der Waals surface area contributed by atoms with Crippen molar-refractivity contribution in [1.29, 1.82) is 0 Å². The minimum atomic E-state index is 0.435.